The number of rotatable bonds is 5. The topological polar surface area (TPSA) is 47.6 Å². The fourth-order valence-electron chi connectivity index (χ4n) is 2.09. The van der Waals surface area contributed by atoms with Gasteiger partial charge in [0.25, 0.3) is 5.91 Å². The summed E-state index contributed by atoms with van der Waals surface area (Å²) in [6, 6.07) is 9.04. The maximum absolute atomic E-state index is 12.5. The molecule has 122 valence electrons. The molecule has 0 aliphatic heterocycles. The monoisotopic (exact) mass is 441 g/mol. The summed E-state index contributed by atoms with van der Waals surface area (Å²) in [7, 11) is 1.56. The number of amides is 1. The molecule has 0 saturated heterocycles. The molecule has 2 rings (SSSR count). The molecular formula is C17H17Br2NO3. The van der Waals surface area contributed by atoms with Crippen molar-refractivity contribution in [1.82, 2.24) is 0 Å². The smallest absolute Gasteiger partial charge is 0.255 e. The molecule has 0 aromatic heterocycles. The molecule has 1 amide bonds. The van der Waals surface area contributed by atoms with Gasteiger partial charge in [0, 0.05) is 15.7 Å². The van der Waals surface area contributed by atoms with Crippen LogP contribution in [-0.2, 0) is 0 Å². The number of hydrogen-bond donors (Lipinski definition) is 1. The van der Waals surface area contributed by atoms with E-state index < -0.39 is 0 Å². The highest BCUT2D eigenvalue weighted by atomic mass is 79.9. The number of benzene rings is 2. The van der Waals surface area contributed by atoms with E-state index in [0.717, 1.165) is 15.7 Å². The molecule has 0 saturated carbocycles. The summed E-state index contributed by atoms with van der Waals surface area (Å²) < 4.78 is 12.5. The van der Waals surface area contributed by atoms with Crippen LogP contribution in [0.1, 0.15) is 22.8 Å². The van der Waals surface area contributed by atoms with Crippen LogP contribution >= 0.6 is 31.9 Å². The second kappa shape index (κ2) is 7.84. The first-order valence-electron chi connectivity index (χ1n) is 7.04. The molecule has 0 spiro atoms. The van der Waals surface area contributed by atoms with E-state index in [1.807, 2.05) is 32.0 Å². The highest BCUT2D eigenvalue weighted by molar-refractivity contribution is 9.10. The predicted molar refractivity (Wildman–Crippen MR) is 98.7 cm³/mol. The van der Waals surface area contributed by atoms with E-state index >= 15 is 0 Å². The molecule has 0 radical (unpaired) electrons. The molecule has 0 heterocycles. The number of nitrogens with one attached hydrogen (secondary N) is 1. The Kier molecular flexibility index (Phi) is 6.07. The van der Waals surface area contributed by atoms with Crippen LogP contribution in [0.5, 0.6) is 11.5 Å². The zero-order valence-electron chi connectivity index (χ0n) is 13.1. The van der Waals surface area contributed by atoms with Crippen LogP contribution in [-0.4, -0.2) is 19.6 Å². The minimum atomic E-state index is -0.212. The van der Waals surface area contributed by atoms with Crippen molar-refractivity contribution in [2.75, 3.05) is 19.0 Å². The van der Waals surface area contributed by atoms with E-state index in [-0.39, 0.29) is 5.91 Å². The Hall–Kier alpha value is -1.53. The highest BCUT2D eigenvalue weighted by Gasteiger charge is 2.15. The van der Waals surface area contributed by atoms with Gasteiger partial charge in [0.1, 0.15) is 0 Å². The molecule has 0 unspecified atom stereocenters. The van der Waals surface area contributed by atoms with Crippen LogP contribution in [0.15, 0.2) is 39.3 Å². The number of halogens is 2. The van der Waals surface area contributed by atoms with E-state index in [1.165, 1.54) is 0 Å². The van der Waals surface area contributed by atoms with Crippen molar-refractivity contribution < 1.29 is 14.3 Å². The molecule has 2 aromatic rings. The normalized spacial score (nSPS) is 10.3. The van der Waals surface area contributed by atoms with Gasteiger partial charge in [0.05, 0.1) is 18.2 Å². The number of carbonyl (C=O) groups is 1. The van der Waals surface area contributed by atoms with Gasteiger partial charge in [-0.1, -0.05) is 15.9 Å². The van der Waals surface area contributed by atoms with E-state index in [2.05, 4.69) is 37.2 Å². The molecular weight excluding hydrogens is 426 g/mol. The van der Waals surface area contributed by atoms with Crippen molar-refractivity contribution in [2.24, 2.45) is 0 Å². The first-order chi connectivity index (χ1) is 11.0. The van der Waals surface area contributed by atoms with Gasteiger partial charge in [-0.25, -0.2) is 0 Å². The van der Waals surface area contributed by atoms with Crippen molar-refractivity contribution in [3.8, 4) is 11.5 Å². The third-order valence-corrected chi connectivity index (χ3v) is 4.67. The Morgan fingerprint density at radius 2 is 1.91 bits per heavy atom. The van der Waals surface area contributed by atoms with Gasteiger partial charge in [-0.3, -0.25) is 4.79 Å². The van der Waals surface area contributed by atoms with Crippen LogP contribution in [0.2, 0.25) is 0 Å². The van der Waals surface area contributed by atoms with Gasteiger partial charge in [0.15, 0.2) is 11.5 Å². The second-order valence-corrected chi connectivity index (χ2v) is 6.55. The first kappa shape index (κ1) is 17.8. The van der Waals surface area contributed by atoms with E-state index in [1.54, 1.807) is 19.2 Å². The second-order valence-electron chi connectivity index (χ2n) is 4.84. The molecule has 0 aliphatic carbocycles. The van der Waals surface area contributed by atoms with Gasteiger partial charge in [0.2, 0.25) is 0 Å². The summed E-state index contributed by atoms with van der Waals surface area (Å²) in [5, 5.41) is 2.88. The molecule has 0 aliphatic rings. The lowest BCUT2D eigenvalue weighted by molar-refractivity contribution is 0.102. The number of ether oxygens (including phenoxy) is 2. The Morgan fingerprint density at radius 1 is 1.17 bits per heavy atom. The SMILES string of the molecule is CCOc1cc(C(=O)Nc2ccc(Br)c(C)c2)cc(Br)c1OC. The predicted octanol–water partition coefficient (Wildman–Crippen LogP) is 5.18. The largest absolute Gasteiger partial charge is 0.492 e. The summed E-state index contributed by atoms with van der Waals surface area (Å²) in [6.45, 7) is 4.33. The maximum Gasteiger partial charge on any atom is 0.255 e. The summed E-state index contributed by atoms with van der Waals surface area (Å²) >= 11 is 6.86. The third kappa shape index (κ3) is 4.26. The molecule has 0 bridgehead atoms. The Labute approximate surface area is 152 Å². The molecule has 2 aromatic carbocycles. The van der Waals surface area contributed by atoms with Crippen LogP contribution < -0.4 is 14.8 Å². The third-order valence-electron chi connectivity index (χ3n) is 3.19. The van der Waals surface area contributed by atoms with Crippen LogP contribution in [0.3, 0.4) is 0 Å². The van der Waals surface area contributed by atoms with Crippen LogP contribution in [0.4, 0.5) is 5.69 Å². The maximum atomic E-state index is 12.5. The Morgan fingerprint density at radius 3 is 2.52 bits per heavy atom. The lowest BCUT2D eigenvalue weighted by Gasteiger charge is -2.13. The highest BCUT2D eigenvalue weighted by Crippen LogP contribution is 2.36. The van der Waals surface area contributed by atoms with Crippen molar-refractivity contribution in [3.63, 3.8) is 0 Å². The van der Waals surface area contributed by atoms with Gasteiger partial charge < -0.3 is 14.8 Å². The van der Waals surface area contributed by atoms with Gasteiger partial charge in [-0.15, -0.1) is 0 Å². The zero-order chi connectivity index (χ0) is 17.0. The minimum absolute atomic E-state index is 0.212. The van der Waals surface area contributed by atoms with E-state index in [9.17, 15) is 4.79 Å². The molecule has 0 atom stereocenters. The van der Waals surface area contributed by atoms with E-state index in [4.69, 9.17) is 9.47 Å². The van der Waals surface area contributed by atoms with Crippen molar-refractivity contribution in [3.05, 3.63) is 50.4 Å². The van der Waals surface area contributed by atoms with Gasteiger partial charge in [-0.05, 0) is 65.7 Å². The Bertz CT molecular complexity index is 732. The summed E-state index contributed by atoms with van der Waals surface area (Å²) in [6.07, 6.45) is 0. The van der Waals surface area contributed by atoms with Gasteiger partial charge in [-0.2, -0.15) is 0 Å². The molecule has 0 fully saturated rings. The summed E-state index contributed by atoms with van der Waals surface area (Å²) in [4.78, 5) is 12.5. The van der Waals surface area contributed by atoms with Crippen LogP contribution in [0.25, 0.3) is 0 Å². The number of aryl methyl sites for hydroxylation is 1. The average Bonchev–Trinajstić information content (AvgIpc) is 2.51. The molecule has 4 nitrogen and oxygen atoms in total. The molecule has 6 heteroatoms. The fraction of sp³-hybridized carbons (Fsp3) is 0.235. The average molecular weight is 443 g/mol. The number of anilines is 1. The number of methoxy groups -OCH3 is 1. The van der Waals surface area contributed by atoms with E-state index in [0.29, 0.717) is 28.1 Å². The van der Waals surface area contributed by atoms with Crippen molar-refractivity contribution in [2.45, 2.75) is 13.8 Å². The lowest BCUT2D eigenvalue weighted by atomic mass is 10.1. The zero-order valence-corrected chi connectivity index (χ0v) is 16.2. The quantitative estimate of drug-likeness (QED) is 0.693. The standard InChI is InChI=1S/C17H17Br2NO3/c1-4-23-15-9-11(8-14(19)16(15)22-3)17(21)20-12-5-6-13(18)10(2)7-12/h5-9H,4H2,1-3H3,(H,20,21). The molecule has 23 heavy (non-hydrogen) atoms. The van der Waals surface area contributed by atoms with Gasteiger partial charge >= 0.3 is 0 Å². The summed E-state index contributed by atoms with van der Waals surface area (Å²) in [5.74, 6) is 0.889. The molecule has 1 N–H and O–H groups in total. The van der Waals surface area contributed by atoms with Crippen LogP contribution in [0, 0.1) is 6.92 Å². The fourth-order valence-corrected chi connectivity index (χ4v) is 2.94. The minimum Gasteiger partial charge on any atom is -0.492 e. The number of carbonyl (C=O) groups excluding carboxylic acids is 1. The van der Waals surface area contributed by atoms with Crippen molar-refractivity contribution >= 4 is 43.5 Å². The van der Waals surface area contributed by atoms with Crippen molar-refractivity contribution in [1.29, 1.82) is 0 Å². The number of hydrogen-bond acceptors (Lipinski definition) is 3. The Balaban J connectivity index is 2.29. The lowest BCUT2D eigenvalue weighted by Crippen LogP contribution is -2.12. The summed E-state index contributed by atoms with van der Waals surface area (Å²) in [5.41, 5.74) is 2.27. The first-order valence-corrected chi connectivity index (χ1v) is 8.62.